The van der Waals surface area contributed by atoms with E-state index in [0.29, 0.717) is 29.5 Å². The fourth-order valence-electron chi connectivity index (χ4n) is 1.91. The quantitative estimate of drug-likeness (QED) is 0.632. The molecule has 3 rings (SSSR count). The van der Waals surface area contributed by atoms with Crippen LogP contribution in [-0.2, 0) is 0 Å². The summed E-state index contributed by atoms with van der Waals surface area (Å²) in [6, 6.07) is 7.52. The van der Waals surface area contributed by atoms with Gasteiger partial charge >= 0.3 is 0 Å². The highest BCUT2D eigenvalue weighted by molar-refractivity contribution is 7.99. The van der Waals surface area contributed by atoms with Crippen LogP contribution in [0.2, 0.25) is 0 Å². The van der Waals surface area contributed by atoms with Crippen molar-refractivity contribution >= 4 is 11.8 Å². The largest absolute Gasteiger partial charge is 0.494 e. The lowest BCUT2D eigenvalue weighted by atomic mass is 10.2. The molecule has 0 aliphatic rings. The van der Waals surface area contributed by atoms with Crippen LogP contribution in [0.4, 0.5) is 0 Å². The van der Waals surface area contributed by atoms with E-state index in [9.17, 15) is 0 Å². The average molecular weight is 332 g/mol. The van der Waals surface area contributed by atoms with Crippen LogP contribution >= 0.6 is 11.8 Å². The Morgan fingerprint density at radius 1 is 1.09 bits per heavy atom. The molecule has 0 radical (unpaired) electrons. The van der Waals surface area contributed by atoms with Crippen LogP contribution in [0.25, 0.3) is 11.5 Å². The van der Waals surface area contributed by atoms with Gasteiger partial charge < -0.3 is 13.6 Å². The van der Waals surface area contributed by atoms with Gasteiger partial charge in [0, 0.05) is 12.5 Å². The van der Waals surface area contributed by atoms with Crippen LogP contribution in [0.15, 0.2) is 38.3 Å². The van der Waals surface area contributed by atoms with Gasteiger partial charge in [-0.1, -0.05) is 11.8 Å². The van der Waals surface area contributed by atoms with Crippen molar-refractivity contribution in [3.63, 3.8) is 0 Å². The molecule has 0 unspecified atom stereocenters. The molecule has 120 valence electrons. The van der Waals surface area contributed by atoms with E-state index in [0.717, 1.165) is 11.3 Å². The lowest BCUT2D eigenvalue weighted by Crippen LogP contribution is -1.90. The highest BCUT2D eigenvalue weighted by atomic mass is 32.2. The Hall–Kier alpha value is -2.35. The minimum Gasteiger partial charge on any atom is -0.494 e. The Bertz CT molecular complexity index is 769. The van der Waals surface area contributed by atoms with E-state index in [4.69, 9.17) is 13.6 Å². The van der Waals surface area contributed by atoms with Crippen molar-refractivity contribution in [2.24, 2.45) is 0 Å². The summed E-state index contributed by atoms with van der Waals surface area (Å²) in [7, 11) is 0. The summed E-state index contributed by atoms with van der Waals surface area (Å²) in [6.07, 6.45) is 0. The predicted octanol–water partition coefficient (Wildman–Crippen LogP) is 3.68. The van der Waals surface area contributed by atoms with Crippen molar-refractivity contribution in [3.8, 4) is 17.2 Å². The van der Waals surface area contributed by atoms with Crippen LogP contribution < -0.4 is 4.74 Å². The Balaban J connectivity index is 1.70. The monoisotopic (exact) mass is 332 g/mol. The normalized spacial score (nSPS) is 12.3. The van der Waals surface area contributed by atoms with Crippen molar-refractivity contribution in [1.82, 2.24) is 20.4 Å². The fraction of sp³-hybridized carbons (Fsp3) is 0.333. The van der Waals surface area contributed by atoms with Gasteiger partial charge in [0.15, 0.2) is 0 Å². The van der Waals surface area contributed by atoms with Gasteiger partial charge in [-0.25, -0.2) is 0 Å². The van der Waals surface area contributed by atoms with Gasteiger partial charge in [0.05, 0.1) is 11.9 Å². The molecule has 0 bridgehead atoms. The molecule has 23 heavy (non-hydrogen) atoms. The molecule has 8 heteroatoms. The lowest BCUT2D eigenvalue weighted by molar-refractivity contribution is 0.340. The Labute approximate surface area is 137 Å². The van der Waals surface area contributed by atoms with Crippen molar-refractivity contribution in [1.29, 1.82) is 0 Å². The number of hydrogen-bond acceptors (Lipinski definition) is 8. The molecule has 0 aliphatic carbocycles. The minimum atomic E-state index is -0.0650. The molecular weight excluding hydrogens is 316 g/mol. The van der Waals surface area contributed by atoms with Gasteiger partial charge in [0.25, 0.3) is 5.22 Å². The van der Waals surface area contributed by atoms with Crippen LogP contribution in [-0.4, -0.2) is 27.0 Å². The van der Waals surface area contributed by atoms with Crippen molar-refractivity contribution in [2.75, 3.05) is 6.61 Å². The summed E-state index contributed by atoms with van der Waals surface area (Å²) >= 11 is 1.38. The smallest absolute Gasteiger partial charge is 0.277 e. The number of aryl methyl sites for hydroxylation is 1. The molecule has 0 fully saturated rings. The lowest BCUT2D eigenvalue weighted by Gasteiger charge is -2.02. The van der Waals surface area contributed by atoms with E-state index >= 15 is 0 Å². The fourth-order valence-corrected chi connectivity index (χ4v) is 2.63. The molecule has 0 saturated carbocycles. The second-order valence-electron chi connectivity index (χ2n) is 4.75. The highest BCUT2D eigenvalue weighted by Gasteiger charge is 2.18. The van der Waals surface area contributed by atoms with Gasteiger partial charge in [-0.15, -0.1) is 20.4 Å². The van der Waals surface area contributed by atoms with Crippen LogP contribution in [0, 0.1) is 6.92 Å². The van der Waals surface area contributed by atoms with Crippen LogP contribution in [0.5, 0.6) is 5.75 Å². The third kappa shape index (κ3) is 3.70. The second-order valence-corrected chi connectivity index (χ2v) is 6.04. The number of aromatic nitrogens is 4. The van der Waals surface area contributed by atoms with Gasteiger partial charge in [-0.05, 0) is 38.1 Å². The zero-order valence-corrected chi connectivity index (χ0v) is 13.8. The first-order chi connectivity index (χ1) is 11.2. The number of benzene rings is 1. The Kier molecular flexibility index (Phi) is 4.61. The van der Waals surface area contributed by atoms with Gasteiger partial charge in [-0.3, -0.25) is 0 Å². The number of rotatable bonds is 6. The van der Waals surface area contributed by atoms with E-state index in [2.05, 4.69) is 20.4 Å². The molecule has 0 N–H and O–H groups in total. The first-order valence-electron chi connectivity index (χ1n) is 7.19. The standard InChI is InChI=1S/C15H16N4O3S/c1-4-20-12-7-5-11(6-8-12)14-18-19-15(22-14)23-9(2)13-17-16-10(3)21-13/h5-9H,4H2,1-3H3/t9-/m1/s1. The average Bonchev–Trinajstić information content (AvgIpc) is 3.18. The zero-order valence-electron chi connectivity index (χ0n) is 13.0. The summed E-state index contributed by atoms with van der Waals surface area (Å²) in [4.78, 5) is 0. The van der Waals surface area contributed by atoms with E-state index in [-0.39, 0.29) is 5.25 Å². The number of ether oxygens (including phenoxy) is 1. The van der Waals surface area contributed by atoms with Crippen molar-refractivity contribution in [2.45, 2.75) is 31.2 Å². The molecule has 2 aromatic heterocycles. The topological polar surface area (TPSA) is 87.1 Å². The third-order valence-electron chi connectivity index (χ3n) is 2.99. The molecule has 1 atom stereocenters. The molecule has 2 heterocycles. The summed E-state index contributed by atoms with van der Waals surface area (Å²) in [5.41, 5.74) is 0.842. The highest BCUT2D eigenvalue weighted by Crippen LogP contribution is 2.34. The van der Waals surface area contributed by atoms with Crippen molar-refractivity contribution < 1.29 is 13.6 Å². The molecule has 7 nitrogen and oxygen atoms in total. The molecule has 3 aromatic rings. The molecule has 0 saturated heterocycles. The van der Waals surface area contributed by atoms with Crippen LogP contribution in [0.1, 0.15) is 30.9 Å². The van der Waals surface area contributed by atoms with Crippen molar-refractivity contribution in [3.05, 3.63) is 36.0 Å². The Morgan fingerprint density at radius 2 is 1.87 bits per heavy atom. The first kappa shape index (κ1) is 15.5. The van der Waals surface area contributed by atoms with Gasteiger partial charge in [0.1, 0.15) is 5.75 Å². The molecule has 0 aliphatic heterocycles. The number of hydrogen-bond donors (Lipinski definition) is 0. The predicted molar refractivity (Wildman–Crippen MR) is 84.2 cm³/mol. The minimum absolute atomic E-state index is 0.0650. The maximum absolute atomic E-state index is 5.68. The zero-order chi connectivity index (χ0) is 16.2. The van der Waals surface area contributed by atoms with E-state index in [1.807, 2.05) is 38.1 Å². The first-order valence-corrected chi connectivity index (χ1v) is 8.07. The second kappa shape index (κ2) is 6.82. The number of nitrogens with zero attached hydrogens (tertiary/aromatic N) is 4. The SMILES string of the molecule is CCOc1ccc(-c2nnc(S[C@H](C)c3nnc(C)o3)o2)cc1. The number of thioether (sulfide) groups is 1. The summed E-state index contributed by atoms with van der Waals surface area (Å²) in [5, 5.41) is 16.3. The molecule has 1 aromatic carbocycles. The van der Waals surface area contributed by atoms with Gasteiger partial charge in [0.2, 0.25) is 17.7 Å². The third-order valence-corrected chi connectivity index (χ3v) is 3.91. The molecular formula is C15H16N4O3S. The van der Waals surface area contributed by atoms with Gasteiger partial charge in [-0.2, -0.15) is 0 Å². The molecule has 0 spiro atoms. The summed E-state index contributed by atoms with van der Waals surface area (Å²) in [5.74, 6) is 2.34. The molecule has 0 amide bonds. The van der Waals surface area contributed by atoms with E-state index in [1.54, 1.807) is 6.92 Å². The summed E-state index contributed by atoms with van der Waals surface area (Å²) < 4.78 is 16.5. The maximum atomic E-state index is 5.68. The van der Waals surface area contributed by atoms with E-state index < -0.39 is 0 Å². The van der Waals surface area contributed by atoms with Crippen LogP contribution in [0.3, 0.4) is 0 Å². The maximum Gasteiger partial charge on any atom is 0.277 e. The Morgan fingerprint density at radius 3 is 2.52 bits per heavy atom. The van der Waals surface area contributed by atoms with E-state index in [1.165, 1.54) is 11.8 Å². The summed E-state index contributed by atoms with van der Waals surface area (Å²) in [6.45, 7) is 6.28.